The first-order valence-corrected chi connectivity index (χ1v) is 13.3. The van der Waals surface area contributed by atoms with Crippen molar-refractivity contribution < 1.29 is 4.74 Å². The monoisotopic (exact) mass is 490 g/mol. The van der Waals surface area contributed by atoms with Crippen molar-refractivity contribution in [3.8, 4) is 5.75 Å². The summed E-state index contributed by atoms with van der Waals surface area (Å²) in [4.78, 5) is 14.5. The Hall–Kier alpha value is -2.10. The number of halogens is 1. The van der Waals surface area contributed by atoms with E-state index in [2.05, 4.69) is 29.6 Å². The van der Waals surface area contributed by atoms with Crippen LogP contribution in [0.25, 0.3) is 0 Å². The summed E-state index contributed by atoms with van der Waals surface area (Å²) in [6, 6.07) is 7.23. The number of hydrazine groups is 1. The number of rotatable bonds is 9. The Morgan fingerprint density at radius 1 is 1.19 bits per heavy atom. The van der Waals surface area contributed by atoms with Gasteiger partial charge in [-0.1, -0.05) is 50.1 Å². The summed E-state index contributed by atoms with van der Waals surface area (Å²) in [6.45, 7) is 4.36. The maximum Gasteiger partial charge on any atom is 0.190 e. The van der Waals surface area contributed by atoms with Crippen LogP contribution in [0.1, 0.15) is 45.1 Å². The smallest absolute Gasteiger partial charge is 0.190 e. The molecular weight excluding hydrogens is 464 g/mol. The molecule has 0 bridgehead atoms. The van der Waals surface area contributed by atoms with Gasteiger partial charge >= 0.3 is 0 Å². The lowest BCUT2D eigenvalue weighted by atomic mass is 10.1. The normalized spacial score (nSPS) is 18.0. The first-order chi connectivity index (χ1) is 15.6. The van der Waals surface area contributed by atoms with Gasteiger partial charge in [0.15, 0.2) is 16.8 Å². The van der Waals surface area contributed by atoms with E-state index in [1.807, 2.05) is 18.4 Å². The SMILES string of the molecule is CCCCSc1nc2c(c(SC)n1)C1=NC(=COc3ccc(Cl)cc3)NN1C(CCC)N2. The van der Waals surface area contributed by atoms with Crippen LogP contribution in [0.15, 0.2) is 51.5 Å². The molecule has 0 saturated carbocycles. The van der Waals surface area contributed by atoms with Crippen LogP contribution in [-0.2, 0) is 0 Å². The van der Waals surface area contributed by atoms with Crippen molar-refractivity contribution in [1.82, 2.24) is 20.4 Å². The first-order valence-electron chi connectivity index (χ1n) is 10.8. The third-order valence-electron chi connectivity index (χ3n) is 4.99. The first kappa shape index (κ1) is 23.1. The Kier molecular flexibility index (Phi) is 7.70. The van der Waals surface area contributed by atoms with Crippen LogP contribution in [0.5, 0.6) is 5.75 Å². The second-order valence-corrected chi connectivity index (χ2v) is 9.68. The van der Waals surface area contributed by atoms with Crippen LogP contribution < -0.4 is 15.5 Å². The highest BCUT2D eigenvalue weighted by Gasteiger charge is 2.37. The molecule has 0 saturated heterocycles. The third-order valence-corrected chi connectivity index (χ3v) is 6.86. The fraction of sp³-hybridized carbons (Fsp3) is 0.409. The van der Waals surface area contributed by atoms with E-state index in [-0.39, 0.29) is 6.17 Å². The van der Waals surface area contributed by atoms with Gasteiger partial charge in [0.2, 0.25) is 0 Å². The number of fused-ring (bicyclic) bond motifs is 3. The van der Waals surface area contributed by atoms with Crippen LogP contribution in [-0.4, -0.2) is 39.0 Å². The number of hydrogen-bond donors (Lipinski definition) is 2. The number of ether oxygens (including phenoxy) is 1. The quantitative estimate of drug-likeness (QED) is 0.151. The predicted octanol–water partition coefficient (Wildman–Crippen LogP) is 5.74. The molecule has 2 aromatic rings. The van der Waals surface area contributed by atoms with Gasteiger partial charge in [-0.05, 0) is 43.4 Å². The molecule has 1 unspecified atom stereocenters. The summed E-state index contributed by atoms with van der Waals surface area (Å²) < 4.78 is 5.79. The highest BCUT2D eigenvalue weighted by molar-refractivity contribution is 7.99. The highest BCUT2D eigenvalue weighted by Crippen LogP contribution is 2.35. The summed E-state index contributed by atoms with van der Waals surface area (Å²) in [7, 11) is 0. The Labute approximate surface area is 202 Å². The van der Waals surface area contributed by atoms with E-state index in [1.54, 1.807) is 41.9 Å². The van der Waals surface area contributed by atoms with Gasteiger partial charge in [0.1, 0.15) is 29.0 Å². The van der Waals surface area contributed by atoms with Gasteiger partial charge in [-0.25, -0.2) is 20.0 Å². The standard InChI is InChI=1S/C22H27ClN6OS2/c1-4-6-12-32-22-26-19-18(21(27-22)31-3)20-24-16(28-29(20)17(25-19)7-5-2)13-30-15-10-8-14(23)9-11-15/h8-11,13,17,28H,4-7,12H2,1-3H3,(H,25,26,27). The van der Waals surface area contributed by atoms with Crippen LogP contribution in [0, 0.1) is 0 Å². The maximum absolute atomic E-state index is 5.96. The minimum Gasteiger partial charge on any atom is -0.461 e. The Morgan fingerprint density at radius 2 is 2.00 bits per heavy atom. The van der Waals surface area contributed by atoms with Crippen molar-refractivity contribution in [2.45, 2.75) is 55.9 Å². The molecule has 3 heterocycles. The van der Waals surface area contributed by atoms with Crippen LogP contribution in [0.4, 0.5) is 5.82 Å². The van der Waals surface area contributed by atoms with Crippen molar-refractivity contribution in [2.75, 3.05) is 17.3 Å². The molecule has 2 aliphatic heterocycles. The molecule has 0 amide bonds. The fourth-order valence-corrected chi connectivity index (χ4v) is 5.09. The van der Waals surface area contributed by atoms with Crippen LogP contribution in [0.3, 0.4) is 0 Å². The highest BCUT2D eigenvalue weighted by atomic mass is 35.5. The topological polar surface area (TPSA) is 74.7 Å². The van der Waals surface area contributed by atoms with Crippen molar-refractivity contribution in [3.63, 3.8) is 0 Å². The zero-order valence-corrected chi connectivity index (χ0v) is 20.8. The minimum atomic E-state index is 0.0331. The van der Waals surface area contributed by atoms with Crippen molar-refractivity contribution in [3.05, 3.63) is 46.9 Å². The summed E-state index contributed by atoms with van der Waals surface area (Å²) >= 11 is 9.28. The average molecular weight is 491 g/mol. The van der Waals surface area contributed by atoms with Crippen LogP contribution >= 0.6 is 35.1 Å². The van der Waals surface area contributed by atoms with Gasteiger partial charge in [-0.2, -0.15) is 0 Å². The van der Waals surface area contributed by atoms with Crippen molar-refractivity contribution in [1.29, 1.82) is 0 Å². The van der Waals surface area contributed by atoms with Crippen molar-refractivity contribution >= 4 is 46.8 Å². The molecule has 0 radical (unpaired) electrons. The number of benzene rings is 1. The summed E-state index contributed by atoms with van der Waals surface area (Å²) in [5, 5.41) is 8.05. The number of aliphatic imine (C=N–C) groups is 1. The average Bonchev–Trinajstić information content (AvgIpc) is 3.23. The van der Waals surface area contributed by atoms with Gasteiger partial charge in [0, 0.05) is 10.8 Å². The predicted molar refractivity (Wildman–Crippen MR) is 133 cm³/mol. The lowest BCUT2D eigenvalue weighted by Crippen LogP contribution is -2.52. The van der Waals surface area contributed by atoms with E-state index in [9.17, 15) is 0 Å². The van der Waals surface area contributed by atoms with Crippen LogP contribution in [0.2, 0.25) is 5.02 Å². The molecule has 2 aliphatic rings. The zero-order chi connectivity index (χ0) is 22.5. The van der Waals surface area contributed by atoms with E-state index in [0.717, 1.165) is 58.8 Å². The molecule has 1 aromatic heterocycles. The van der Waals surface area contributed by atoms with Gasteiger partial charge in [0.25, 0.3) is 0 Å². The van der Waals surface area contributed by atoms with Gasteiger partial charge in [-0.15, -0.1) is 11.8 Å². The largest absolute Gasteiger partial charge is 0.461 e. The lowest BCUT2D eigenvalue weighted by Gasteiger charge is -2.36. The fourth-order valence-electron chi connectivity index (χ4n) is 3.40. The summed E-state index contributed by atoms with van der Waals surface area (Å²) in [5.74, 6) is 4.00. The molecule has 1 aromatic carbocycles. The summed E-state index contributed by atoms with van der Waals surface area (Å²) in [6.07, 6.45) is 7.96. The third kappa shape index (κ3) is 5.10. The molecule has 170 valence electrons. The van der Waals surface area contributed by atoms with E-state index in [0.29, 0.717) is 16.6 Å². The number of unbranched alkanes of at least 4 members (excludes halogenated alkanes) is 1. The zero-order valence-electron chi connectivity index (χ0n) is 18.4. The van der Waals surface area contributed by atoms with Crippen molar-refractivity contribution in [2.24, 2.45) is 4.99 Å². The second-order valence-electron chi connectivity index (χ2n) is 7.38. The summed E-state index contributed by atoms with van der Waals surface area (Å²) in [5.41, 5.74) is 4.29. The Morgan fingerprint density at radius 3 is 2.72 bits per heavy atom. The van der Waals surface area contributed by atoms with E-state index < -0.39 is 0 Å². The molecular formula is C22H27ClN6OS2. The molecule has 4 rings (SSSR count). The Balaban J connectivity index is 1.65. The molecule has 1 atom stereocenters. The number of thioether (sulfide) groups is 2. The molecule has 32 heavy (non-hydrogen) atoms. The molecule has 7 nitrogen and oxygen atoms in total. The number of nitrogens with one attached hydrogen (secondary N) is 2. The lowest BCUT2D eigenvalue weighted by molar-refractivity contribution is 0.269. The molecule has 0 aliphatic carbocycles. The maximum atomic E-state index is 5.96. The Bertz CT molecular complexity index is 1010. The number of hydrogen-bond acceptors (Lipinski definition) is 9. The molecule has 0 spiro atoms. The van der Waals surface area contributed by atoms with E-state index in [1.165, 1.54) is 0 Å². The molecule has 10 heteroatoms. The second kappa shape index (κ2) is 10.7. The van der Waals surface area contributed by atoms with Gasteiger partial charge < -0.3 is 10.1 Å². The van der Waals surface area contributed by atoms with E-state index in [4.69, 9.17) is 31.3 Å². The molecule has 0 fully saturated rings. The van der Waals surface area contributed by atoms with E-state index >= 15 is 0 Å². The number of aromatic nitrogens is 2. The minimum absolute atomic E-state index is 0.0331. The number of nitrogens with zero attached hydrogens (tertiary/aromatic N) is 4. The number of amidine groups is 1. The molecule has 2 N–H and O–H groups in total. The van der Waals surface area contributed by atoms with Gasteiger partial charge in [0.05, 0.1) is 5.56 Å². The number of anilines is 1. The van der Waals surface area contributed by atoms with Gasteiger partial charge in [-0.3, -0.25) is 5.43 Å².